The normalized spacial score (nSPS) is 29.0. The molecule has 6 nitrogen and oxygen atoms in total. The first-order valence-corrected chi connectivity index (χ1v) is 13.8. The van der Waals surface area contributed by atoms with Gasteiger partial charge in [0.05, 0.1) is 21.9 Å². The lowest BCUT2D eigenvalue weighted by Gasteiger charge is -2.31. The van der Waals surface area contributed by atoms with Crippen molar-refractivity contribution in [2.24, 2.45) is 23.7 Å². The van der Waals surface area contributed by atoms with Crippen LogP contribution < -0.4 is 0 Å². The number of carbonyl (C=O) groups excluding carboxylic acids is 4. The van der Waals surface area contributed by atoms with E-state index in [1.165, 1.54) is 30.3 Å². The lowest BCUT2D eigenvalue weighted by atomic mass is 9.81. The molecular formula is C24H17Br2Cl3N2O4. The van der Waals surface area contributed by atoms with Gasteiger partial charge in [-0.1, -0.05) is 66.7 Å². The molecular weight excluding hydrogens is 646 g/mol. The summed E-state index contributed by atoms with van der Waals surface area (Å²) in [6, 6.07) is 10.4. The van der Waals surface area contributed by atoms with Gasteiger partial charge >= 0.3 is 0 Å². The van der Waals surface area contributed by atoms with Gasteiger partial charge in [-0.15, -0.1) is 0 Å². The van der Waals surface area contributed by atoms with Crippen LogP contribution in [0, 0.1) is 23.7 Å². The zero-order valence-corrected chi connectivity index (χ0v) is 23.3. The summed E-state index contributed by atoms with van der Waals surface area (Å²) in [7, 11) is 0. The van der Waals surface area contributed by atoms with E-state index in [9.17, 15) is 19.2 Å². The lowest BCUT2D eigenvalue weighted by molar-refractivity contribution is -0.154. The Morgan fingerprint density at radius 2 is 1.40 bits per heavy atom. The minimum absolute atomic E-state index is 0.0373. The Bertz CT molecular complexity index is 1230. The van der Waals surface area contributed by atoms with Crippen LogP contribution in [0.15, 0.2) is 42.5 Å². The molecule has 6 atom stereocenters. The monoisotopic (exact) mass is 660 g/mol. The fraction of sp³-hybridized carbons (Fsp3) is 0.333. The van der Waals surface area contributed by atoms with Crippen molar-refractivity contribution < 1.29 is 19.2 Å². The van der Waals surface area contributed by atoms with Crippen LogP contribution in [-0.2, 0) is 9.59 Å². The number of carbonyl (C=O) groups is 4. The van der Waals surface area contributed by atoms with Gasteiger partial charge in [0.1, 0.15) is 6.54 Å². The smallest absolute Gasteiger partial charge is 0.273 e. The zero-order valence-electron chi connectivity index (χ0n) is 17.8. The Kier molecular flexibility index (Phi) is 6.81. The number of fused-ring (bicyclic) bond motifs is 5. The van der Waals surface area contributed by atoms with Crippen LogP contribution in [0.25, 0.3) is 0 Å². The highest BCUT2D eigenvalue weighted by Gasteiger charge is 2.67. The Balaban J connectivity index is 1.52. The van der Waals surface area contributed by atoms with E-state index < -0.39 is 41.9 Å². The summed E-state index contributed by atoms with van der Waals surface area (Å²) in [6.45, 7) is -0.511. The van der Waals surface area contributed by atoms with Crippen molar-refractivity contribution in [1.82, 2.24) is 10.0 Å². The maximum Gasteiger partial charge on any atom is 0.273 e. The molecule has 2 aromatic rings. The first kappa shape index (κ1) is 25.2. The van der Waals surface area contributed by atoms with Gasteiger partial charge in [0.15, 0.2) is 5.78 Å². The van der Waals surface area contributed by atoms with Crippen molar-refractivity contribution in [3.63, 3.8) is 0 Å². The van der Waals surface area contributed by atoms with E-state index in [-0.39, 0.29) is 37.1 Å². The van der Waals surface area contributed by atoms with Gasteiger partial charge < -0.3 is 0 Å². The van der Waals surface area contributed by atoms with Crippen molar-refractivity contribution in [1.29, 1.82) is 0 Å². The third-order valence-electron chi connectivity index (χ3n) is 7.07. The second kappa shape index (κ2) is 9.45. The van der Waals surface area contributed by atoms with Gasteiger partial charge in [-0.25, -0.2) is 5.01 Å². The van der Waals surface area contributed by atoms with Gasteiger partial charge in [-0.05, 0) is 60.7 Å². The fourth-order valence-electron chi connectivity index (χ4n) is 5.45. The Morgan fingerprint density at radius 1 is 0.857 bits per heavy atom. The zero-order chi connectivity index (χ0) is 25.2. The number of halogens is 5. The number of hydrogen-bond donors (Lipinski definition) is 0. The predicted molar refractivity (Wildman–Crippen MR) is 139 cm³/mol. The molecule has 1 heterocycles. The number of alkyl halides is 2. The fourth-order valence-corrected chi connectivity index (χ4v) is 7.74. The maximum atomic E-state index is 13.6. The van der Waals surface area contributed by atoms with Gasteiger partial charge in [0.2, 0.25) is 0 Å². The third kappa shape index (κ3) is 4.15. The van der Waals surface area contributed by atoms with E-state index in [0.29, 0.717) is 10.6 Å². The number of hydrazine groups is 1. The molecule has 0 radical (unpaired) electrons. The summed E-state index contributed by atoms with van der Waals surface area (Å²) in [5.41, 5.74) is 0.391. The largest absolute Gasteiger partial charge is 0.292 e. The molecule has 0 N–H and O–H groups in total. The van der Waals surface area contributed by atoms with E-state index in [1.807, 2.05) is 0 Å². The predicted octanol–water partition coefficient (Wildman–Crippen LogP) is 5.66. The summed E-state index contributed by atoms with van der Waals surface area (Å²) >= 11 is 25.4. The van der Waals surface area contributed by atoms with E-state index >= 15 is 0 Å². The Labute approximate surface area is 233 Å². The quantitative estimate of drug-likeness (QED) is 0.235. The highest BCUT2D eigenvalue weighted by Crippen LogP contribution is 2.60. The number of nitrogens with zero attached hydrogens (tertiary/aromatic N) is 2. The summed E-state index contributed by atoms with van der Waals surface area (Å²) in [5, 5.41) is 2.65. The minimum atomic E-state index is -0.703. The third-order valence-corrected chi connectivity index (χ3v) is 11.3. The highest BCUT2D eigenvalue weighted by molar-refractivity contribution is 9.12. The number of amides is 3. The van der Waals surface area contributed by atoms with Crippen LogP contribution in [0.1, 0.15) is 27.1 Å². The molecule has 3 fully saturated rings. The highest BCUT2D eigenvalue weighted by atomic mass is 79.9. The Hall–Kier alpha value is -1.45. The molecule has 35 heavy (non-hydrogen) atoms. The van der Waals surface area contributed by atoms with Gasteiger partial charge in [0.25, 0.3) is 17.7 Å². The van der Waals surface area contributed by atoms with Crippen molar-refractivity contribution in [2.75, 3.05) is 6.54 Å². The van der Waals surface area contributed by atoms with Gasteiger partial charge in [-0.3, -0.25) is 19.2 Å². The second-order valence-corrected chi connectivity index (χ2v) is 12.3. The van der Waals surface area contributed by atoms with E-state index in [2.05, 4.69) is 31.9 Å². The molecule has 2 bridgehead atoms. The molecule has 0 aromatic heterocycles. The average Bonchev–Trinajstić information content (AvgIpc) is 3.44. The number of imide groups is 1. The topological polar surface area (TPSA) is 74.8 Å². The standard InChI is InChI=1S/C24H17Br2Cl3N2O4/c25-20-13-8-14(21(20)26)19-18(13)23(34)31(24(19)35)30(9-17(32)10-1-4-12(27)5-2-10)22(33)11-3-6-15(28)16(29)7-11/h1-7,13-14,18-21H,8-9H2/t13-,14-,18-,19+,20-,21+/m1/s1. The van der Waals surface area contributed by atoms with Crippen LogP contribution in [0.2, 0.25) is 15.1 Å². The molecule has 2 aliphatic carbocycles. The Morgan fingerprint density at radius 3 is 1.94 bits per heavy atom. The van der Waals surface area contributed by atoms with Crippen molar-refractivity contribution in [3.8, 4) is 0 Å². The van der Waals surface area contributed by atoms with Crippen LogP contribution >= 0.6 is 66.7 Å². The average molecular weight is 664 g/mol. The van der Waals surface area contributed by atoms with E-state index in [0.717, 1.165) is 16.4 Å². The van der Waals surface area contributed by atoms with Crippen molar-refractivity contribution >= 4 is 90.2 Å². The number of ketones is 1. The van der Waals surface area contributed by atoms with Crippen molar-refractivity contribution in [2.45, 2.75) is 16.1 Å². The second-order valence-electron chi connectivity index (χ2n) is 8.91. The van der Waals surface area contributed by atoms with E-state index in [4.69, 9.17) is 34.8 Å². The number of rotatable bonds is 5. The number of Topliss-reactive ketones (excluding diaryl/α,β-unsaturated/α-hetero) is 1. The lowest BCUT2D eigenvalue weighted by Crippen LogP contribution is -2.52. The number of hydrogen-bond acceptors (Lipinski definition) is 4. The molecule has 3 amide bonds. The first-order chi connectivity index (χ1) is 16.6. The molecule has 2 aromatic carbocycles. The molecule has 11 heteroatoms. The molecule has 2 saturated carbocycles. The molecule has 0 unspecified atom stereocenters. The van der Waals surface area contributed by atoms with Crippen LogP contribution in [0.4, 0.5) is 0 Å². The molecule has 0 spiro atoms. The molecule has 182 valence electrons. The van der Waals surface area contributed by atoms with Gasteiger partial charge in [-0.2, -0.15) is 5.01 Å². The number of benzene rings is 2. The minimum Gasteiger partial charge on any atom is -0.292 e. The SMILES string of the molecule is O=C(CN(C(=O)c1ccc(Cl)c(Cl)c1)N1C(=O)[C@@H]2[C@H]3C[C@@H]([C@H](Br)[C@@H]3Br)[C@@H]2C1=O)c1ccc(Cl)cc1. The van der Waals surface area contributed by atoms with Crippen LogP contribution in [-0.4, -0.2) is 49.7 Å². The molecule has 5 rings (SSSR count). The molecule has 1 aliphatic heterocycles. The first-order valence-electron chi connectivity index (χ1n) is 10.8. The van der Waals surface area contributed by atoms with Crippen LogP contribution in [0.5, 0.6) is 0 Å². The molecule has 3 aliphatic rings. The summed E-state index contributed by atoms with van der Waals surface area (Å²) in [4.78, 5) is 54.0. The summed E-state index contributed by atoms with van der Waals surface area (Å²) < 4.78 is 0. The summed E-state index contributed by atoms with van der Waals surface area (Å²) in [5.74, 6) is -3.24. The summed E-state index contributed by atoms with van der Waals surface area (Å²) in [6.07, 6.45) is 0.747. The maximum absolute atomic E-state index is 13.6. The van der Waals surface area contributed by atoms with Crippen molar-refractivity contribution in [3.05, 3.63) is 68.7 Å². The molecule has 1 saturated heterocycles. The van der Waals surface area contributed by atoms with Gasteiger partial charge in [0, 0.05) is 25.8 Å². The van der Waals surface area contributed by atoms with Crippen LogP contribution in [0.3, 0.4) is 0 Å². The van der Waals surface area contributed by atoms with E-state index in [1.54, 1.807) is 12.1 Å².